The average molecular weight is 479 g/mol. The third-order valence-corrected chi connectivity index (χ3v) is 9.29. The summed E-state index contributed by atoms with van der Waals surface area (Å²) in [6, 6.07) is 0. The maximum absolute atomic E-state index is 17.2. The van der Waals surface area contributed by atoms with E-state index in [4.69, 9.17) is 14.2 Å². The molecule has 0 radical (unpaired) electrons. The summed E-state index contributed by atoms with van der Waals surface area (Å²) >= 11 is 0. The number of carbonyl (C=O) groups excluding carboxylic acids is 3. The smallest absolute Gasteiger partial charge is 0.305 e. The first kappa shape index (κ1) is 25.2. The highest BCUT2D eigenvalue weighted by atomic mass is 19.1. The molecule has 3 fully saturated rings. The van der Waals surface area contributed by atoms with Crippen LogP contribution in [-0.2, 0) is 28.6 Å². The lowest BCUT2D eigenvalue weighted by Gasteiger charge is -2.63. The number of rotatable bonds is 7. The normalized spacial score (nSPS) is 42.9. The predicted molar refractivity (Wildman–Crippen MR) is 120 cm³/mol. The number of aliphatic hydroxyl groups excluding tert-OH is 1. The highest BCUT2D eigenvalue weighted by Crippen LogP contribution is 2.70. The first-order valence-corrected chi connectivity index (χ1v) is 12.1. The van der Waals surface area contributed by atoms with Crippen LogP contribution in [0.5, 0.6) is 0 Å². The standard InChI is InChI=1S/C26H35FO7/c1-5-22(31)33-14-21(30)25(34-15-32-4)11-9-18-19-7-6-16-12-17(28)8-10-23(16,2)26(19,27)20(29)13-24(18,25)3/h8,10,12,18-20,29H,5-7,9,11,13-15H2,1-4H3/t18-,19-,20?,23-,24-,25-,26-/m0/s1. The molecule has 0 aromatic heterocycles. The molecule has 188 valence electrons. The van der Waals surface area contributed by atoms with Gasteiger partial charge in [0.2, 0.25) is 5.78 Å². The summed E-state index contributed by atoms with van der Waals surface area (Å²) in [5.41, 5.74) is -4.60. The van der Waals surface area contributed by atoms with Crippen molar-refractivity contribution in [2.45, 2.75) is 76.7 Å². The summed E-state index contributed by atoms with van der Waals surface area (Å²) in [4.78, 5) is 37.2. The maximum atomic E-state index is 17.2. The Morgan fingerprint density at radius 1 is 1.24 bits per heavy atom. The number of carbonyl (C=O) groups is 3. The van der Waals surface area contributed by atoms with Crippen molar-refractivity contribution in [3.63, 3.8) is 0 Å². The van der Waals surface area contributed by atoms with E-state index < -0.39 is 46.7 Å². The Morgan fingerprint density at radius 3 is 2.65 bits per heavy atom. The minimum absolute atomic E-state index is 0.00645. The van der Waals surface area contributed by atoms with Crippen LogP contribution in [0.4, 0.5) is 4.39 Å². The van der Waals surface area contributed by atoms with Crippen molar-refractivity contribution in [3.8, 4) is 0 Å². The van der Waals surface area contributed by atoms with Crippen LogP contribution in [0.3, 0.4) is 0 Å². The summed E-state index contributed by atoms with van der Waals surface area (Å²) < 4.78 is 33.6. The van der Waals surface area contributed by atoms with Gasteiger partial charge in [-0.3, -0.25) is 14.4 Å². The maximum Gasteiger partial charge on any atom is 0.305 e. The van der Waals surface area contributed by atoms with Gasteiger partial charge in [-0.25, -0.2) is 4.39 Å². The monoisotopic (exact) mass is 478 g/mol. The number of Topliss-reactive ketones (excluding diaryl/α,β-unsaturated/α-hetero) is 1. The molecule has 0 saturated heterocycles. The lowest BCUT2D eigenvalue weighted by atomic mass is 9.44. The Hall–Kier alpha value is -1.90. The molecule has 0 aromatic rings. The molecule has 7 nitrogen and oxygen atoms in total. The molecule has 4 aliphatic carbocycles. The molecule has 0 aromatic carbocycles. The van der Waals surface area contributed by atoms with Crippen molar-refractivity contribution < 1.29 is 38.1 Å². The second kappa shape index (κ2) is 8.64. The number of fused-ring (bicyclic) bond motifs is 5. The zero-order valence-electron chi connectivity index (χ0n) is 20.4. The number of methoxy groups -OCH3 is 1. The minimum atomic E-state index is -1.98. The highest BCUT2D eigenvalue weighted by molar-refractivity contribution is 6.01. The zero-order valence-corrected chi connectivity index (χ0v) is 20.4. The largest absolute Gasteiger partial charge is 0.458 e. The van der Waals surface area contributed by atoms with Crippen LogP contribution in [0.15, 0.2) is 23.8 Å². The van der Waals surface area contributed by atoms with Crippen LogP contribution in [0, 0.1) is 22.7 Å². The molecule has 1 unspecified atom stereocenters. The number of hydrogen-bond donors (Lipinski definition) is 1. The third-order valence-electron chi connectivity index (χ3n) is 9.29. The second-order valence-electron chi connectivity index (χ2n) is 10.6. The number of ether oxygens (including phenoxy) is 3. The molecule has 4 aliphatic rings. The molecular formula is C26H35FO7. The Balaban J connectivity index is 1.73. The molecule has 0 aliphatic heterocycles. The summed E-state index contributed by atoms with van der Waals surface area (Å²) in [6.45, 7) is 4.71. The molecule has 4 rings (SSSR count). The van der Waals surface area contributed by atoms with Crippen molar-refractivity contribution in [2.24, 2.45) is 22.7 Å². The molecule has 8 heteroatoms. The quantitative estimate of drug-likeness (QED) is 0.443. The average Bonchev–Trinajstić information content (AvgIpc) is 3.09. The molecule has 0 amide bonds. The van der Waals surface area contributed by atoms with E-state index in [0.29, 0.717) is 31.3 Å². The fraction of sp³-hybridized carbons (Fsp3) is 0.731. The summed E-state index contributed by atoms with van der Waals surface area (Å²) in [7, 11) is 1.46. The van der Waals surface area contributed by atoms with Crippen LogP contribution in [-0.4, -0.2) is 60.5 Å². The summed E-state index contributed by atoms with van der Waals surface area (Å²) in [5.74, 6) is -1.81. The predicted octanol–water partition coefficient (Wildman–Crippen LogP) is 3.24. The van der Waals surface area contributed by atoms with Crippen LogP contribution in [0.1, 0.15) is 59.3 Å². The fourth-order valence-corrected chi connectivity index (χ4v) is 7.50. The second-order valence-corrected chi connectivity index (χ2v) is 10.6. The number of hydrogen-bond acceptors (Lipinski definition) is 7. The van der Waals surface area contributed by atoms with E-state index >= 15 is 4.39 Å². The van der Waals surface area contributed by atoms with E-state index in [1.165, 1.54) is 19.3 Å². The van der Waals surface area contributed by atoms with Gasteiger partial charge < -0.3 is 19.3 Å². The van der Waals surface area contributed by atoms with Gasteiger partial charge in [0, 0.05) is 30.3 Å². The first-order chi connectivity index (χ1) is 16.0. The Kier molecular flexibility index (Phi) is 6.41. The number of allylic oxidation sites excluding steroid dienone is 4. The van der Waals surface area contributed by atoms with Crippen molar-refractivity contribution >= 4 is 17.5 Å². The topological polar surface area (TPSA) is 99.1 Å². The number of halogens is 1. The van der Waals surface area contributed by atoms with Gasteiger partial charge in [-0.15, -0.1) is 0 Å². The van der Waals surface area contributed by atoms with E-state index in [9.17, 15) is 19.5 Å². The van der Waals surface area contributed by atoms with E-state index in [0.717, 1.165) is 0 Å². The summed E-state index contributed by atoms with van der Waals surface area (Å²) in [6.07, 6.45) is 5.17. The van der Waals surface area contributed by atoms with E-state index in [-0.39, 0.29) is 37.1 Å². The number of aliphatic hydroxyl groups is 1. The molecule has 34 heavy (non-hydrogen) atoms. The van der Waals surface area contributed by atoms with Crippen molar-refractivity contribution in [2.75, 3.05) is 20.5 Å². The van der Waals surface area contributed by atoms with Crippen LogP contribution in [0.25, 0.3) is 0 Å². The van der Waals surface area contributed by atoms with Crippen molar-refractivity contribution in [1.82, 2.24) is 0 Å². The van der Waals surface area contributed by atoms with Crippen LogP contribution < -0.4 is 0 Å². The van der Waals surface area contributed by atoms with Gasteiger partial charge in [-0.1, -0.05) is 25.5 Å². The third kappa shape index (κ3) is 3.28. The van der Waals surface area contributed by atoms with Crippen molar-refractivity contribution in [1.29, 1.82) is 0 Å². The molecule has 1 N–H and O–H groups in total. The van der Waals surface area contributed by atoms with Gasteiger partial charge >= 0.3 is 5.97 Å². The molecule has 7 atom stereocenters. The van der Waals surface area contributed by atoms with Gasteiger partial charge in [0.05, 0.1) is 6.10 Å². The Morgan fingerprint density at radius 2 is 1.97 bits per heavy atom. The number of ketones is 2. The van der Waals surface area contributed by atoms with Gasteiger partial charge in [0.25, 0.3) is 0 Å². The Labute approximate surface area is 199 Å². The fourth-order valence-electron chi connectivity index (χ4n) is 7.50. The van der Waals surface area contributed by atoms with E-state index in [1.807, 2.05) is 6.92 Å². The van der Waals surface area contributed by atoms with Gasteiger partial charge in [-0.05, 0) is 57.1 Å². The van der Waals surface area contributed by atoms with Gasteiger partial charge in [0.1, 0.15) is 12.4 Å². The zero-order chi connectivity index (χ0) is 24.9. The van der Waals surface area contributed by atoms with E-state index in [1.54, 1.807) is 19.9 Å². The first-order valence-electron chi connectivity index (χ1n) is 12.1. The molecule has 0 heterocycles. The van der Waals surface area contributed by atoms with Gasteiger partial charge in [-0.2, -0.15) is 0 Å². The van der Waals surface area contributed by atoms with Gasteiger partial charge in [0.15, 0.2) is 18.1 Å². The molecule has 0 bridgehead atoms. The molecule has 3 saturated carbocycles. The van der Waals surface area contributed by atoms with Crippen molar-refractivity contribution in [3.05, 3.63) is 23.8 Å². The molecule has 0 spiro atoms. The van der Waals surface area contributed by atoms with Crippen LogP contribution in [0.2, 0.25) is 0 Å². The highest BCUT2D eigenvalue weighted by Gasteiger charge is 2.74. The van der Waals surface area contributed by atoms with Crippen LogP contribution >= 0.6 is 0 Å². The lowest BCUT2D eigenvalue weighted by Crippen LogP contribution is -2.69. The molecular weight excluding hydrogens is 443 g/mol. The Bertz CT molecular complexity index is 943. The number of alkyl halides is 1. The SMILES string of the molecule is CCC(=O)OCC(=O)[C@@]1(OCOC)CC[C@H]2[C@@H]3CCC4=CC(=O)C=C[C@]4(C)[C@@]3(F)C(O)C[C@@]21C. The lowest BCUT2D eigenvalue weighted by molar-refractivity contribution is -0.238. The summed E-state index contributed by atoms with van der Waals surface area (Å²) in [5, 5.41) is 11.4. The number of esters is 1. The van der Waals surface area contributed by atoms with E-state index in [2.05, 4.69) is 0 Å². The minimum Gasteiger partial charge on any atom is -0.458 e.